The van der Waals surface area contributed by atoms with Gasteiger partial charge in [-0.25, -0.2) is 4.79 Å². The Morgan fingerprint density at radius 2 is 2.05 bits per heavy atom. The van der Waals surface area contributed by atoms with Crippen molar-refractivity contribution in [2.24, 2.45) is 0 Å². The van der Waals surface area contributed by atoms with Crippen molar-refractivity contribution in [2.75, 3.05) is 14.1 Å². The molecule has 22 heavy (non-hydrogen) atoms. The van der Waals surface area contributed by atoms with Gasteiger partial charge in [0.15, 0.2) is 0 Å². The van der Waals surface area contributed by atoms with E-state index in [0.717, 1.165) is 4.90 Å². The van der Waals surface area contributed by atoms with Gasteiger partial charge in [-0.15, -0.1) is 0 Å². The second-order valence-electron chi connectivity index (χ2n) is 5.09. The van der Waals surface area contributed by atoms with Crippen LogP contribution in [0, 0.1) is 0 Å². The van der Waals surface area contributed by atoms with Crippen molar-refractivity contribution in [2.45, 2.75) is 12.4 Å². The van der Waals surface area contributed by atoms with E-state index in [-0.39, 0.29) is 17.7 Å². The minimum absolute atomic E-state index is 0.0642. The van der Waals surface area contributed by atoms with E-state index in [2.05, 4.69) is 5.32 Å². The molecule has 0 aromatic heterocycles. The van der Waals surface area contributed by atoms with E-state index in [1.165, 1.54) is 20.2 Å². The number of aromatic carboxylic acids is 1. The number of hydrogen-bond donors (Lipinski definition) is 3. The molecule has 8 nitrogen and oxygen atoms in total. The number of nitrogens with zero attached hydrogens (tertiary/aromatic N) is 1. The number of carboxylic acid groups (broad SMARTS) is 1. The molecule has 0 unspecified atom stereocenters. The third-order valence-electron chi connectivity index (χ3n) is 3.27. The number of carbonyl (C=O) groups excluding carboxylic acids is 2. The Morgan fingerprint density at radius 1 is 1.36 bits per heavy atom. The van der Waals surface area contributed by atoms with Gasteiger partial charge >= 0.3 is 24.9 Å². The topological polar surface area (TPSA) is 116 Å². The molecule has 0 aliphatic carbocycles. The molecule has 1 heterocycles. The van der Waals surface area contributed by atoms with Gasteiger partial charge in [-0.3, -0.25) is 9.59 Å². The van der Waals surface area contributed by atoms with Crippen molar-refractivity contribution < 1.29 is 29.2 Å². The van der Waals surface area contributed by atoms with Gasteiger partial charge in [-0.1, -0.05) is 12.1 Å². The summed E-state index contributed by atoms with van der Waals surface area (Å²) in [7, 11) is 1.43. The SMILES string of the molecule is CN(C)C(=O)C(=O)N[C@H]1Cc2cccc(C(=O)O)c2OB1O. The van der Waals surface area contributed by atoms with Crippen molar-refractivity contribution in [3.8, 4) is 5.75 Å². The lowest BCUT2D eigenvalue weighted by molar-refractivity contribution is -0.144. The molecule has 0 saturated heterocycles. The molecule has 2 amide bonds. The fraction of sp³-hybridized carbons (Fsp3) is 0.308. The Bertz CT molecular complexity index is 633. The van der Waals surface area contributed by atoms with Crippen molar-refractivity contribution in [1.82, 2.24) is 10.2 Å². The van der Waals surface area contributed by atoms with Crippen LogP contribution < -0.4 is 9.97 Å². The molecule has 0 saturated carbocycles. The van der Waals surface area contributed by atoms with E-state index in [0.29, 0.717) is 5.56 Å². The zero-order valence-electron chi connectivity index (χ0n) is 12.1. The van der Waals surface area contributed by atoms with Crippen LogP contribution in [-0.4, -0.2) is 60.0 Å². The normalized spacial score (nSPS) is 16.3. The Balaban J connectivity index is 2.19. The Hall–Kier alpha value is -2.55. The van der Waals surface area contributed by atoms with Gasteiger partial charge in [0, 0.05) is 14.1 Å². The number of benzene rings is 1. The summed E-state index contributed by atoms with van der Waals surface area (Å²) in [5.41, 5.74) is 0.471. The van der Waals surface area contributed by atoms with Crippen LogP contribution in [-0.2, 0) is 16.0 Å². The average Bonchev–Trinajstić information content (AvgIpc) is 2.46. The molecule has 1 atom stereocenters. The second kappa shape index (κ2) is 6.06. The van der Waals surface area contributed by atoms with Crippen LogP contribution in [0.25, 0.3) is 0 Å². The number of rotatable bonds is 2. The summed E-state index contributed by atoms with van der Waals surface area (Å²) in [6.07, 6.45) is 0.157. The summed E-state index contributed by atoms with van der Waals surface area (Å²) in [6.45, 7) is 0. The third-order valence-corrected chi connectivity index (χ3v) is 3.27. The third kappa shape index (κ3) is 3.04. The molecule has 1 aliphatic heterocycles. The highest BCUT2D eigenvalue weighted by atomic mass is 16.5. The minimum Gasteiger partial charge on any atom is -0.534 e. The molecule has 116 valence electrons. The van der Waals surface area contributed by atoms with Crippen LogP contribution in [0.15, 0.2) is 18.2 Å². The summed E-state index contributed by atoms with van der Waals surface area (Å²) in [6, 6.07) is 4.55. The first kappa shape index (κ1) is 15.8. The fourth-order valence-corrected chi connectivity index (χ4v) is 2.15. The van der Waals surface area contributed by atoms with Crippen molar-refractivity contribution in [1.29, 1.82) is 0 Å². The van der Waals surface area contributed by atoms with Crippen molar-refractivity contribution in [3.05, 3.63) is 29.3 Å². The predicted octanol–water partition coefficient (Wildman–Crippen LogP) is -1.09. The van der Waals surface area contributed by atoms with E-state index in [1.807, 2.05) is 0 Å². The minimum atomic E-state index is -1.44. The number of carbonyl (C=O) groups is 3. The Labute approximate surface area is 126 Å². The highest BCUT2D eigenvalue weighted by molar-refractivity contribution is 6.48. The van der Waals surface area contributed by atoms with E-state index in [4.69, 9.17) is 9.76 Å². The molecule has 0 spiro atoms. The van der Waals surface area contributed by atoms with Crippen LogP contribution in [0.5, 0.6) is 5.75 Å². The van der Waals surface area contributed by atoms with Gasteiger partial charge in [0.25, 0.3) is 0 Å². The molecule has 0 fully saturated rings. The van der Waals surface area contributed by atoms with Crippen LogP contribution in [0.4, 0.5) is 0 Å². The maximum absolute atomic E-state index is 11.7. The largest absolute Gasteiger partial charge is 0.547 e. The second-order valence-corrected chi connectivity index (χ2v) is 5.09. The lowest BCUT2D eigenvalue weighted by atomic mass is 9.72. The summed E-state index contributed by atoms with van der Waals surface area (Å²) < 4.78 is 5.21. The smallest absolute Gasteiger partial charge is 0.534 e. The molecule has 0 bridgehead atoms. The number of nitrogens with one attached hydrogen (secondary N) is 1. The maximum Gasteiger partial charge on any atom is 0.547 e. The van der Waals surface area contributed by atoms with Crippen LogP contribution in [0.1, 0.15) is 15.9 Å². The van der Waals surface area contributed by atoms with Crippen molar-refractivity contribution >= 4 is 24.9 Å². The molecular weight excluding hydrogens is 291 g/mol. The summed E-state index contributed by atoms with van der Waals surface area (Å²) >= 11 is 0. The molecular formula is C13H15BN2O6. The molecule has 9 heteroatoms. The lowest BCUT2D eigenvalue weighted by Crippen LogP contribution is -2.55. The van der Waals surface area contributed by atoms with Gasteiger partial charge in [0.1, 0.15) is 5.75 Å². The molecule has 0 radical (unpaired) electrons. The number of likely N-dealkylation sites (N-methyl/N-ethyl adjacent to an activating group) is 1. The Kier molecular flexibility index (Phi) is 4.36. The first-order valence-electron chi connectivity index (χ1n) is 6.53. The maximum atomic E-state index is 11.7. The molecule has 1 aliphatic rings. The highest BCUT2D eigenvalue weighted by Crippen LogP contribution is 2.30. The number of carboxylic acids is 1. The summed E-state index contributed by atoms with van der Waals surface area (Å²) in [5, 5.41) is 21.4. The lowest BCUT2D eigenvalue weighted by Gasteiger charge is -2.28. The van der Waals surface area contributed by atoms with Gasteiger partial charge < -0.3 is 25.0 Å². The summed E-state index contributed by atoms with van der Waals surface area (Å²) in [4.78, 5) is 35.5. The van der Waals surface area contributed by atoms with Gasteiger partial charge in [0.2, 0.25) is 0 Å². The number of para-hydroxylation sites is 1. The molecule has 3 N–H and O–H groups in total. The predicted molar refractivity (Wildman–Crippen MR) is 76.3 cm³/mol. The van der Waals surface area contributed by atoms with E-state index >= 15 is 0 Å². The van der Waals surface area contributed by atoms with E-state index in [9.17, 15) is 19.4 Å². The van der Waals surface area contributed by atoms with E-state index in [1.54, 1.807) is 12.1 Å². The number of amides is 2. The molecule has 1 aromatic carbocycles. The molecule has 2 rings (SSSR count). The van der Waals surface area contributed by atoms with Gasteiger partial charge in [-0.2, -0.15) is 0 Å². The molecule has 1 aromatic rings. The number of hydrogen-bond acceptors (Lipinski definition) is 5. The summed E-state index contributed by atoms with van der Waals surface area (Å²) in [5.74, 6) is -3.55. The zero-order valence-corrected chi connectivity index (χ0v) is 12.1. The monoisotopic (exact) mass is 306 g/mol. The first-order valence-corrected chi connectivity index (χ1v) is 6.53. The van der Waals surface area contributed by atoms with E-state index < -0.39 is 30.8 Å². The Morgan fingerprint density at radius 3 is 2.64 bits per heavy atom. The van der Waals surface area contributed by atoms with Crippen LogP contribution in [0.2, 0.25) is 0 Å². The zero-order chi connectivity index (χ0) is 16.4. The quantitative estimate of drug-likeness (QED) is 0.472. The first-order chi connectivity index (χ1) is 10.3. The standard InChI is InChI=1S/C13H15BN2O6/c1-16(2)12(18)11(17)15-9-6-7-4-3-5-8(13(19)20)10(7)22-14(9)21/h3-5,9,21H,6H2,1-2H3,(H,15,17)(H,19,20)/t9-/m0/s1. The average molecular weight is 306 g/mol. The highest BCUT2D eigenvalue weighted by Gasteiger charge is 2.38. The number of fused-ring (bicyclic) bond motifs is 1. The van der Waals surface area contributed by atoms with Gasteiger partial charge in [-0.05, 0) is 18.1 Å². The van der Waals surface area contributed by atoms with Gasteiger partial charge in [0.05, 0.1) is 11.5 Å². The van der Waals surface area contributed by atoms with Crippen LogP contribution in [0.3, 0.4) is 0 Å². The fourth-order valence-electron chi connectivity index (χ4n) is 2.15. The van der Waals surface area contributed by atoms with Crippen molar-refractivity contribution in [3.63, 3.8) is 0 Å². The van der Waals surface area contributed by atoms with Crippen LogP contribution >= 0.6 is 0 Å².